The summed E-state index contributed by atoms with van der Waals surface area (Å²) in [5, 5.41) is 26.3. The fourth-order valence-electron chi connectivity index (χ4n) is 3.74. The molecule has 37 heteroatoms. The van der Waals surface area contributed by atoms with Gasteiger partial charge in [0.1, 0.15) is 43.0 Å². The minimum atomic E-state index is -5.56. The molecule has 0 atom stereocenters. The van der Waals surface area contributed by atoms with E-state index in [-0.39, 0.29) is 148 Å². The smallest absolute Gasteiger partial charge is 0.744 e. The van der Waals surface area contributed by atoms with E-state index in [2.05, 4.69) is 31.6 Å². The molecule has 0 saturated carbocycles. The van der Waals surface area contributed by atoms with Crippen LogP contribution in [0.25, 0.3) is 0 Å². The van der Waals surface area contributed by atoms with Crippen molar-refractivity contribution in [1.82, 2.24) is 0 Å². The molecule has 0 bridgehead atoms. The quantitative estimate of drug-likeness (QED) is 0.0337. The van der Waals surface area contributed by atoms with Crippen LogP contribution in [-0.4, -0.2) is 97.4 Å². The molecule has 26 nitrogen and oxygen atoms in total. The number of hydrogen-bond acceptors (Lipinski definition) is 25. The first-order valence-electron chi connectivity index (χ1n) is 13.3. The van der Waals surface area contributed by atoms with Crippen molar-refractivity contribution in [3.05, 3.63) is 55.0 Å². The van der Waals surface area contributed by atoms with Gasteiger partial charge in [0, 0.05) is 0 Å². The van der Waals surface area contributed by atoms with E-state index < -0.39 is 144 Å². The number of hydrogen-bond donors (Lipinski definition) is 3. The fraction of sp³-hybridized carbons (Fsp3) is 0.130. The molecular formula is C23H20N6Na5O20S6-. The van der Waals surface area contributed by atoms with E-state index in [0.717, 1.165) is 18.2 Å². The van der Waals surface area contributed by atoms with Crippen molar-refractivity contribution >= 4 is 101 Å². The molecule has 0 radical (unpaired) electrons. The number of azo groups is 2. The van der Waals surface area contributed by atoms with Crippen LogP contribution in [0.1, 0.15) is 10.4 Å². The standard InChI is InChI=1S/C23H23N6O16S5.5Na.H2O4S/c1-2-46(32,33)12-3-5-16(18(9-12)48(36,37)38)26-28-21-14(24)11-15(25)22(20(21)23(30)31)29-27-17-6-4-13(10-19(17)49(39,40)41)47(34,35)8-7-45-50(42,43)44;;;;;;1-5(2,3)4/h3-6,9-11H,1-2,7-8,24-25H2,(H,30,31)(H,36,37,38)(H,39,40,41)(H,42,43,44);;;;;;(H2,1,2,3,4)/q-1;5*+1;/p-5. The van der Waals surface area contributed by atoms with E-state index in [1.165, 1.54) is 0 Å². The van der Waals surface area contributed by atoms with Crippen LogP contribution in [0.4, 0.5) is 34.1 Å². The number of benzene rings is 3. The summed E-state index contributed by atoms with van der Waals surface area (Å²) in [5.74, 6) is -3.98. The Morgan fingerprint density at radius 2 is 0.983 bits per heavy atom. The number of sulfone groups is 2. The first-order chi connectivity index (χ1) is 24.8. The van der Waals surface area contributed by atoms with Gasteiger partial charge in [-0.25, -0.2) is 50.5 Å². The molecule has 0 fully saturated rings. The van der Waals surface area contributed by atoms with Crippen molar-refractivity contribution in [2.45, 2.75) is 19.6 Å². The zero-order chi connectivity index (χ0) is 42.5. The van der Waals surface area contributed by atoms with Crippen LogP contribution < -0.4 is 164 Å². The summed E-state index contributed by atoms with van der Waals surface area (Å²) in [4.78, 5) is 8.22. The van der Waals surface area contributed by atoms with Crippen LogP contribution in [0.3, 0.4) is 0 Å². The van der Waals surface area contributed by atoms with Gasteiger partial charge in [0.25, 0.3) is 0 Å². The van der Waals surface area contributed by atoms with Gasteiger partial charge >= 0.3 is 148 Å². The van der Waals surface area contributed by atoms with E-state index in [0.29, 0.717) is 24.3 Å². The average molecular weight is 1010 g/mol. The number of rotatable bonds is 14. The molecule has 60 heavy (non-hydrogen) atoms. The van der Waals surface area contributed by atoms with Gasteiger partial charge in [-0.1, -0.05) is 5.75 Å². The molecule has 0 saturated heterocycles. The molecule has 0 spiro atoms. The minimum Gasteiger partial charge on any atom is -0.744 e. The second-order valence-corrected chi connectivity index (χ2v) is 18.6. The summed E-state index contributed by atoms with van der Waals surface area (Å²) in [6.07, 6.45) is 0. The molecule has 3 aromatic carbocycles. The van der Waals surface area contributed by atoms with Crippen molar-refractivity contribution < 1.29 is 235 Å². The largest absolute Gasteiger partial charge is 1.00 e. The van der Waals surface area contributed by atoms with Crippen LogP contribution in [0.2, 0.25) is 0 Å². The number of carbonyl (C=O) groups excluding carboxylic acids is 1. The van der Waals surface area contributed by atoms with Gasteiger partial charge in [-0.3, -0.25) is 8.74 Å². The molecule has 3 aromatic rings. The van der Waals surface area contributed by atoms with Crippen LogP contribution in [0.5, 0.6) is 0 Å². The molecule has 0 aliphatic carbocycles. The normalized spacial score (nSPS) is 12.0. The Morgan fingerprint density at radius 1 is 0.633 bits per heavy atom. The third-order valence-electron chi connectivity index (χ3n) is 6.02. The fourth-order valence-corrected chi connectivity index (χ4v) is 7.48. The molecule has 5 N–H and O–H groups in total. The maximum absolute atomic E-state index is 12.5. The average Bonchev–Trinajstić information content (AvgIpc) is 3.00. The van der Waals surface area contributed by atoms with E-state index in [1.54, 1.807) is 0 Å². The maximum Gasteiger partial charge on any atom is 1.00 e. The van der Waals surface area contributed by atoms with E-state index in [9.17, 15) is 65.6 Å². The SMILES string of the molecule is O=S(=O)([O-])O.[CH2-]CS(=O)(=O)c1ccc(N=Nc2c(N)cc(N)c(N=Nc3ccc(S(=O)(=O)CCOS(=O)(=O)[O-])cc3S(=O)(=O)[O-])c2C(=O)[O-])c(S(=O)(=O)[O-])c1.[Na+].[Na+].[Na+].[Na+].[Na+]. The van der Waals surface area contributed by atoms with Crippen molar-refractivity contribution in [2.75, 3.05) is 29.6 Å². The summed E-state index contributed by atoms with van der Waals surface area (Å²) in [6.45, 7) is 2.04. The number of carbonyl (C=O) groups is 1. The summed E-state index contributed by atoms with van der Waals surface area (Å²) < 4.78 is 189. The van der Waals surface area contributed by atoms with Gasteiger partial charge in [0.05, 0.1) is 54.8 Å². The molecule has 0 unspecified atom stereocenters. The topological polar surface area (TPSA) is 468 Å². The van der Waals surface area contributed by atoms with E-state index >= 15 is 0 Å². The van der Waals surface area contributed by atoms with Crippen molar-refractivity contribution in [3.8, 4) is 0 Å². The molecule has 0 aromatic heterocycles. The number of nitrogen functional groups attached to an aromatic ring is 2. The van der Waals surface area contributed by atoms with Gasteiger partial charge in [0.15, 0.2) is 19.7 Å². The Kier molecular flexibility index (Phi) is 29.6. The first kappa shape index (κ1) is 67.0. The van der Waals surface area contributed by atoms with Crippen LogP contribution in [0.15, 0.2) is 82.5 Å². The van der Waals surface area contributed by atoms with Crippen LogP contribution in [-0.2, 0) is 64.9 Å². The maximum atomic E-state index is 12.5. The predicted octanol–water partition coefficient (Wildman–Crippen LogP) is -16.3. The predicted molar refractivity (Wildman–Crippen MR) is 174 cm³/mol. The molecule has 3 rings (SSSR count). The van der Waals surface area contributed by atoms with Gasteiger partial charge in [-0.15, -0.1) is 20.5 Å². The Balaban J connectivity index is -0.00000148. The van der Waals surface area contributed by atoms with Crippen molar-refractivity contribution in [1.29, 1.82) is 0 Å². The molecule has 0 aliphatic heterocycles. The Bertz CT molecular complexity index is 2770. The second-order valence-electron chi connectivity index (χ2n) is 9.78. The second kappa shape index (κ2) is 26.5. The molecule has 304 valence electrons. The van der Waals surface area contributed by atoms with Gasteiger partial charge in [-0.05, 0) is 42.5 Å². The third kappa shape index (κ3) is 21.1. The Hall–Kier alpha value is 0.390. The van der Waals surface area contributed by atoms with Gasteiger partial charge in [0.2, 0.25) is 20.8 Å². The first-order valence-corrected chi connectivity index (χ1v) is 22.1. The van der Waals surface area contributed by atoms with Crippen molar-refractivity contribution in [3.63, 3.8) is 0 Å². The number of aromatic carboxylic acids is 1. The molecule has 0 aliphatic rings. The van der Waals surface area contributed by atoms with Crippen LogP contribution >= 0.6 is 0 Å². The van der Waals surface area contributed by atoms with E-state index in [1.807, 2.05) is 0 Å². The monoisotopic (exact) mass is 1010 g/mol. The van der Waals surface area contributed by atoms with Crippen molar-refractivity contribution in [2.24, 2.45) is 20.5 Å². The zero-order valence-electron chi connectivity index (χ0n) is 31.5. The zero-order valence-corrected chi connectivity index (χ0v) is 46.4. The number of anilines is 2. The number of nitrogens with two attached hydrogens (primary N) is 2. The van der Waals surface area contributed by atoms with Gasteiger partial charge < -0.3 is 46.5 Å². The van der Waals surface area contributed by atoms with E-state index in [4.69, 9.17) is 29.0 Å². The summed E-state index contributed by atoms with van der Waals surface area (Å²) in [5.41, 5.74) is 6.07. The molecule has 0 amide bonds. The summed E-state index contributed by atoms with van der Waals surface area (Å²) >= 11 is 0. The third-order valence-corrected chi connectivity index (χ3v) is 11.4. The number of nitrogens with zero attached hydrogens (tertiary/aromatic N) is 4. The van der Waals surface area contributed by atoms with Gasteiger partial charge in [-0.2, -0.15) is 0 Å². The number of carboxylic acid groups (broad SMARTS) is 1. The minimum absolute atomic E-state index is 0. The summed E-state index contributed by atoms with van der Waals surface area (Å²) in [6, 6.07) is 4.60. The Morgan fingerprint density at radius 3 is 1.28 bits per heavy atom. The number of carboxylic acids is 1. The van der Waals surface area contributed by atoms with Crippen LogP contribution in [0, 0.1) is 6.92 Å². The summed E-state index contributed by atoms with van der Waals surface area (Å²) in [7, 11) is -29.9. The Labute approximate surface area is 453 Å². The molecule has 0 heterocycles. The molecular weight excluding hydrogens is 988 g/mol.